The molecule has 0 amide bonds. The SMILES string of the molecule is CCOc1cccc2c(Cl)nn(C)c12. The van der Waals surface area contributed by atoms with E-state index in [9.17, 15) is 0 Å². The minimum Gasteiger partial charge on any atom is -0.492 e. The molecule has 74 valence electrons. The van der Waals surface area contributed by atoms with Crippen LogP contribution < -0.4 is 4.74 Å². The standard InChI is InChI=1S/C10H11ClN2O/c1-3-14-8-6-4-5-7-9(8)13(2)12-10(7)11/h4-6H,3H2,1-2H3. The average molecular weight is 211 g/mol. The van der Waals surface area contributed by atoms with Gasteiger partial charge < -0.3 is 4.74 Å². The van der Waals surface area contributed by atoms with Crippen molar-refractivity contribution >= 4 is 22.5 Å². The zero-order valence-electron chi connectivity index (χ0n) is 8.12. The summed E-state index contributed by atoms with van der Waals surface area (Å²) in [5.74, 6) is 0.826. The maximum atomic E-state index is 5.96. The maximum absolute atomic E-state index is 5.96. The van der Waals surface area contributed by atoms with Crippen molar-refractivity contribution in [3.05, 3.63) is 23.4 Å². The van der Waals surface area contributed by atoms with Crippen molar-refractivity contribution in [2.45, 2.75) is 6.92 Å². The Morgan fingerprint density at radius 1 is 1.50 bits per heavy atom. The number of fused-ring (bicyclic) bond motifs is 1. The van der Waals surface area contributed by atoms with Crippen LogP contribution in [0.1, 0.15) is 6.92 Å². The van der Waals surface area contributed by atoms with Crippen molar-refractivity contribution in [3.8, 4) is 5.75 Å². The van der Waals surface area contributed by atoms with E-state index in [1.807, 2.05) is 32.2 Å². The van der Waals surface area contributed by atoms with E-state index in [0.717, 1.165) is 16.7 Å². The highest BCUT2D eigenvalue weighted by Gasteiger charge is 2.10. The van der Waals surface area contributed by atoms with Gasteiger partial charge in [-0.2, -0.15) is 5.10 Å². The van der Waals surface area contributed by atoms with Crippen LogP contribution in [-0.2, 0) is 7.05 Å². The molecular formula is C10H11ClN2O. The summed E-state index contributed by atoms with van der Waals surface area (Å²) in [5.41, 5.74) is 0.944. The number of para-hydroxylation sites is 1. The molecule has 2 rings (SSSR count). The Balaban J connectivity index is 2.72. The average Bonchev–Trinajstić information content (AvgIpc) is 2.44. The Hall–Kier alpha value is -1.22. The summed E-state index contributed by atoms with van der Waals surface area (Å²) in [4.78, 5) is 0. The molecule has 2 aromatic rings. The van der Waals surface area contributed by atoms with Crippen molar-refractivity contribution in [1.29, 1.82) is 0 Å². The highest BCUT2D eigenvalue weighted by molar-refractivity contribution is 6.34. The van der Waals surface area contributed by atoms with Gasteiger partial charge in [-0.3, -0.25) is 4.68 Å². The quantitative estimate of drug-likeness (QED) is 0.762. The van der Waals surface area contributed by atoms with Crippen LogP contribution in [0, 0.1) is 0 Å². The van der Waals surface area contributed by atoms with Crippen LogP contribution in [0.25, 0.3) is 10.9 Å². The lowest BCUT2D eigenvalue weighted by Crippen LogP contribution is -1.96. The van der Waals surface area contributed by atoms with Crippen LogP contribution >= 0.6 is 11.6 Å². The Morgan fingerprint density at radius 3 is 3.00 bits per heavy atom. The summed E-state index contributed by atoms with van der Waals surface area (Å²) >= 11 is 5.96. The Morgan fingerprint density at radius 2 is 2.29 bits per heavy atom. The van der Waals surface area contributed by atoms with Crippen LogP contribution in [0.4, 0.5) is 0 Å². The van der Waals surface area contributed by atoms with E-state index in [2.05, 4.69) is 5.10 Å². The zero-order valence-corrected chi connectivity index (χ0v) is 8.88. The van der Waals surface area contributed by atoms with E-state index >= 15 is 0 Å². The summed E-state index contributed by atoms with van der Waals surface area (Å²) in [7, 11) is 1.86. The van der Waals surface area contributed by atoms with Gasteiger partial charge in [-0.05, 0) is 19.1 Å². The van der Waals surface area contributed by atoms with E-state index in [0.29, 0.717) is 11.8 Å². The molecule has 1 aromatic carbocycles. The number of ether oxygens (including phenoxy) is 1. The van der Waals surface area contributed by atoms with Crippen molar-refractivity contribution in [1.82, 2.24) is 9.78 Å². The summed E-state index contributed by atoms with van der Waals surface area (Å²) < 4.78 is 7.23. The second-order valence-electron chi connectivity index (χ2n) is 3.00. The highest BCUT2D eigenvalue weighted by Crippen LogP contribution is 2.29. The maximum Gasteiger partial charge on any atom is 0.159 e. The van der Waals surface area contributed by atoms with Gasteiger partial charge in [-0.25, -0.2) is 0 Å². The number of nitrogens with zero attached hydrogens (tertiary/aromatic N) is 2. The van der Waals surface area contributed by atoms with Gasteiger partial charge in [-0.15, -0.1) is 0 Å². The van der Waals surface area contributed by atoms with Gasteiger partial charge in [0.2, 0.25) is 0 Å². The summed E-state index contributed by atoms with van der Waals surface area (Å²) in [5, 5.41) is 5.58. The van der Waals surface area contributed by atoms with Gasteiger partial charge in [0.15, 0.2) is 5.15 Å². The molecule has 14 heavy (non-hydrogen) atoms. The van der Waals surface area contributed by atoms with Crippen LogP contribution in [0.15, 0.2) is 18.2 Å². The smallest absolute Gasteiger partial charge is 0.159 e. The molecule has 0 aliphatic carbocycles. The molecule has 0 aliphatic rings. The molecule has 1 heterocycles. The first kappa shape index (κ1) is 9.34. The van der Waals surface area contributed by atoms with Crippen LogP contribution in [-0.4, -0.2) is 16.4 Å². The van der Waals surface area contributed by atoms with Crippen molar-refractivity contribution in [3.63, 3.8) is 0 Å². The fourth-order valence-electron chi connectivity index (χ4n) is 1.53. The number of hydrogen-bond acceptors (Lipinski definition) is 2. The molecule has 0 fully saturated rings. The first-order valence-electron chi connectivity index (χ1n) is 4.48. The topological polar surface area (TPSA) is 27.1 Å². The highest BCUT2D eigenvalue weighted by atomic mass is 35.5. The lowest BCUT2D eigenvalue weighted by atomic mass is 10.2. The molecule has 0 N–H and O–H groups in total. The van der Waals surface area contributed by atoms with Crippen LogP contribution in [0.3, 0.4) is 0 Å². The molecule has 0 spiro atoms. The predicted molar refractivity (Wildman–Crippen MR) is 56.9 cm³/mol. The molecule has 0 aliphatic heterocycles. The summed E-state index contributed by atoms with van der Waals surface area (Å²) in [6, 6.07) is 5.78. The minimum absolute atomic E-state index is 0.518. The molecule has 4 heteroatoms. The third-order valence-electron chi connectivity index (χ3n) is 2.08. The number of hydrogen-bond donors (Lipinski definition) is 0. The van der Waals surface area contributed by atoms with Gasteiger partial charge in [0.25, 0.3) is 0 Å². The first-order chi connectivity index (χ1) is 6.74. The number of rotatable bonds is 2. The number of aromatic nitrogens is 2. The van der Waals surface area contributed by atoms with Gasteiger partial charge >= 0.3 is 0 Å². The fourth-order valence-corrected chi connectivity index (χ4v) is 1.80. The van der Waals surface area contributed by atoms with E-state index < -0.39 is 0 Å². The second kappa shape index (κ2) is 3.50. The molecule has 0 bridgehead atoms. The molecule has 0 saturated carbocycles. The third kappa shape index (κ3) is 1.34. The number of aryl methyl sites for hydroxylation is 1. The molecule has 3 nitrogen and oxygen atoms in total. The Labute approximate surface area is 87.2 Å². The first-order valence-corrected chi connectivity index (χ1v) is 4.86. The van der Waals surface area contributed by atoms with Crippen LogP contribution in [0.5, 0.6) is 5.75 Å². The monoisotopic (exact) mass is 210 g/mol. The minimum atomic E-state index is 0.518. The van der Waals surface area contributed by atoms with Crippen molar-refractivity contribution in [2.24, 2.45) is 7.05 Å². The lowest BCUT2D eigenvalue weighted by Gasteiger charge is -2.04. The predicted octanol–water partition coefficient (Wildman–Crippen LogP) is 2.63. The second-order valence-corrected chi connectivity index (χ2v) is 3.36. The molecule has 0 unspecified atom stereocenters. The molecular weight excluding hydrogens is 200 g/mol. The van der Waals surface area contributed by atoms with E-state index in [-0.39, 0.29) is 0 Å². The molecule has 1 aromatic heterocycles. The Kier molecular flexibility index (Phi) is 2.33. The number of benzene rings is 1. The molecule has 0 saturated heterocycles. The van der Waals surface area contributed by atoms with Gasteiger partial charge in [0.1, 0.15) is 11.3 Å². The normalized spacial score (nSPS) is 10.8. The largest absolute Gasteiger partial charge is 0.492 e. The summed E-state index contributed by atoms with van der Waals surface area (Å²) in [6.07, 6.45) is 0. The third-order valence-corrected chi connectivity index (χ3v) is 2.36. The van der Waals surface area contributed by atoms with Crippen molar-refractivity contribution < 1.29 is 4.74 Å². The van der Waals surface area contributed by atoms with Gasteiger partial charge in [0, 0.05) is 12.4 Å². The van der Waals surface area contributed by atoms with Gasteiger partial charge in [-0.1, -0.05) is 17.7 Å². The van der Waals surface area contributed by atoms with Crippen LogP contribution in [0.2, 0.25) is 5.15 Å². The zero-order chi connectivity index (χ0) is 10.1. The molecule has 0 atom stereocenters. The number of halogens is 1. The Bertz CT molecular complexity index is 464. The van der Waals surface area contributed by atoms with E-state index in [4.69, 9.17) is 16.3 Å². The fraction of sp³-hybridized carbons (Fsp3) is 0.300. The lowest BCUT2D eigenvalue weighted by molar-refractivity contribution is 0.342. The van der Waals surface area contributed by atoms with Crippen molar-refractivity contribution in [2.75, 3.05) is 6.61 Å². The molecule has 0 radical (unpaired) electrons. The summed E-state index contributed by atoms with van der Waals surface area (Å²) in [6.45, 7) is 2.60. The van der Waals surface area contributed by atoms with Gasteiger partial charge in [0.05, 0.1) is 6.61 Å². The van der Waals surface area contributed by atoms with E-state index in [1.54, 1.807) is 4.68 Å². The van der Waals surface area contributed by atoms with E-state index in [1.165, 1.54) is 0 Å².